The number of hydrogen-bond donors (Lipinski definition) is 2. The van der Waals surface area contributed by atoms with Gasteiger partial charge < -0.3 is 14.5 Å². The van der Waals surface area contributed by atoms with E-state index in [2.05, 4.69) is 10.6 Å². The van der Waals surface area contributed by atoms with Crippen LogP contribution in [0.2, 0.25) is 0 Å². The number of hydrogen-bond acceptors (Lipinski definition) is 5. The van der Waals surface area contributed by atoms with Gasteiger partial charge in [0.25, 0.3) is 5.91 Å². The van der Waals surface area contributed by atoms with E-state index in [0.717, 1.165) is 5.39 Å². The molecule has 0 unspecified atom stereocenters. The molecule has 1 amide bonds. The van der Waals surface area contributed by atoms with E-state index in [-0.39, 0.29) is 11.0 Å². The molecule has 0 fully saturated rings. The monoisotopic (exact) mass is 430 g/mol. The zero-order valence-corrected chi connectivity index (χ0v) is 17.4. The van der Waals surface area contributed by atoms with Crippen LogP contribution in [0, 0.1) is 0 Å². The fourth-order valence-electron chi connectivity index (χ4n) is 3.15. The van der Waals surface area contributed by atoms with Crippen LogP contribution in [-0.2, 0) is 0 Å². The van der Waals surface area contributed by atoms with Crippen molar-refractivity contribution in [1.29, 1.82) is 0 Å². The Balaban J connectivity index is 1.62. The van der Waals surface area contributed by atoms with Crippen LogP contribution >= 0.6 is 12.2 Å². The molecule has 0 aliphatic carbocycles. The molecule has 154 valence electrons. The Morgan fingerprint density at radius 2 is 1.71 bits per heavy atom. The number of carbonyl (C=O) groups is 1. The van der Waals surface area contributed by atoms with Crippen molar-refractivity contribution in [1.82, 2.24) is 5.32 Å². The van der Waals surface area contributed by atoms with Crippen LogP contribution < -0.4 is 21.0 Å². The molecule has 0 bridgehead atoms. The lowest BCUT2D eigenvalue weighted by Crippen LogP contribution is -2.34. The van der Waals surface area contributed by atoms with E-state index in [1.807, 2.05) is 24.3 Å². The van der Waals surface area contributed by atoms with Crippen LogP contribution in [0.5, 0.6) is 5.75 Å². The summed E-state index contributed by atoms with van der Waals surface area (Å²) in [5, 5.41) is 6.53. The van der Waals surface area contributed by atoms with Crippen molar-refractivity contribution in [2.75, 3.05) is 12.4 Å². The number of ether oxygens (including phenoxy) is 1. The Labute approximate surface area is 183 Å². The summed E-state index contributed by atoms with van der Waals surface area (Å²) in [6, 6.07) is 23.0. The number of rotatable bonds is 4. The fraction of sp³-hybridized carbons (Fsp3) is 0.0417. The highest BCUT2D eigenvalue weighted by molar-refractivity contribution is 7.80. The summed E-state index contributed by atoms with van der Waals surface area (Å²) in [5.74, 6) is 0.175. The number of fused-ring (bicyclic) bond motifs is 1. The average molecular weight is 430 g/mol. The normalized spacial score (nSPS) is 10.5. The third-order valence-corrected chi connectivity index (χ3v) is 4.87. The minimum absolute atomic E-state index is 0.106. The highest BCUT2D eigenvalue weighted by atomic mass is 32.1. The first kappa shape index (κ1) is 20.3. The summed E-state index contributed by atoms with van der Waals surface area (Å²) in [5.41, 5.74) is 2.10. The quantitative estimate of drug-likeness (QED) is 0.364. The number of nitrogens with one attached hydrogen (secondary N) is 2. The Bertz CT molecular complexity index is 1330. The standard InChI is InChI=1S/C24H18N2O4S/c1-29-21-12-11-16(18-13-17-9-5-6-10-20(17)30-23(18)28)14-19(21)25-24(31)26-22(27)15-7-3-2-4-8-15/h2-14H,1H3,(H2,25,26,27,31). The van der Waals surface area contributed by atoms with Gasteiger partial charge in [-0.3, -0.25) is 10.1 Å². The lowest BCUT2D eigenvalue weighted by atomic mass is 10.0. The van der Waals surface area contributed by atoms with Gasteiger partial charge in [-0.2, -0.15) is 0 Å². The molecule has 2 N–H and O–H groups in total. The van der Waals surface area contributed by atoms with E-state index in [4.69, 9.17) is 21.4 Å². The number of amides is 1. The van der Waals surface area contributed by atoms with E-state index in [1.165, 1.54) is 7.11 Å². The van der Waals surface area contributed by atoms with Gasteiger partial charge in [0.05, 0.1) is 18.4 Å². The second kappa shape index (κ2) is 8.81. The van der Waals surface area contributed by atoms with Crippen LogP contribution in [0.3, 0.4) is 0 Å². The molecule has 0 atom stereocenters. The minimum atomic E-state index is -0.449. The predicted molar refractivity (Wildman–Crippen MR) is 125 cm³/mol. The molecule has 0 aliphatic heterocycles. The van der Waals surface area contributed by atoms with Crippen LogP contribution in [0.15, 0.2) is 88.1 Å². The van der Waals surface area contributed by atoms with Crippen LogP contribution in [0.4, 0.5) is 5.69 Å². The molecule has 7 heteroatoms. The Kier molecular flexibility index (Phi) is 5.77. The lowest BCUT2D eigenvalue weighted by Gasteiger charge is -2.14. The molecular weight excluding hydrogens is 412 g/mol. The summed E-state index contributed by atoms with van der Waals surface area (Å²) >= 11 is 5.29. The van der Waals surface area contributed by atoms with Gasteiger partial charge in [0.1, 0.15) is 11.3 Å². The number of thiocarbonyl (C=S) groups is 1. The molecule has 4 aromatic rings. The molecule has 1 aromatic heterocycles. The van der Waals surface area contributed by atoms with Crippen molar-refractivity contribution in [2.45, 2.75) is 0 Å². The van der Waals surface area contributed by atoms with Gasteiger partial charge in [-0.05, 0) is 54.2 Å². The highest BCUT2D eigenvalue weighted by Crippen LogP contribution is 2.30. The average Bonchev–Trinajstić information content (AvgIpc) is 2.79. The first-order valence-corrected chi connectivity index (χ1v) is 9.84. The van der Waals surface area contributed by atoms with Crippen molar-refractivity contribution in [3.8, 4) is 16.9 Å². The molecule has 0 aliphatic rings. The van der Waals surface area contributed by atoms with Gasteiger partial charge in [-0.25, -0.2) is 4.79 Å². The summed E-state index contributed by atoms with van der Waals surface area (Å²) in [4.78, 5) is 24.9. The van der Waals surface area contributed by atoms with Gasteiger partial charge in [0, 0.05) is 10.9 Å². The Morgan fingerprint density at radius 3 is 2.48 bits per heavy atom. The zero-order valence-electron chi connectivity index (χ0n) is 16.5. The molecule has 0 spiro atoms. The van der Waals surface area contributed by atoms with Crippen molar-refractivity contribution in [3.05, 3.63) is 94.8 Å². The van der Waals surface area contributed by atoms with Crippen molar-refractivity contribution < 1.29 is 13.9 Å². The fourth-order valence-corrected chi connectivity index (χ4v) is 3.36. The van der Waals surface area contributed by atoms with E-state index in [9.17, 15) is 9.59 Å². The van der Waals surface area contributed by atoms with E-state index < -0.39 is 5.63 Å². The van der Waals surface area contributed by atoms with E-state index in [0.29, 0.717) is 33.7 Å². The zero-order chi connectivity index (χ0) is 21.8. The van der Waals surface area contributed by atoms with Crippen molar-refractivity contribution in [3.63, 3.8) is 0 Å². The molecular formula is C24H18N2O4S. The summed E-state index contributed by atoms with van der Waals surface area (Å²) in [6.07, 6.45) is 0. The molecule has 0 saturated heterocycles. The molecule has 3 aromatic carbocycles. The second-order valence-electron chi connectivity index (χ2n) is 6.67. The largest absolute Gasteiger partial charge is 0.495 e. The SMILES string of the molecule is COc1ccc(-c2cc3ccccc3oc2=O)cc1NC(=S)NC(=O)c1ccccc1. The third-order valence-electron chi connectivity index (χ3n) is 4.66. The number of carbonyl (C=O) groups excluding carboxylic acids is 1. The number of methoxy groups -OCH3 is 1. The van der Waals surface area contributed by atoms with Gasteiger partial charge in [0.15, 0.2) is 5.11 Å². The smallest absolute Gasteiger partial charge is 0.344 e. The molecule has 0 radical (unpaired) electrons. The third kappa shape index (κ3) is 4.46. The second-order valence-corrected chi connectivity index (χ2v) is 7.08. The molecule has 1 heterocycles. The van der Waals surface area contributed by atoms with E-state index in [1.54, 1.807) is 54.6 Å². The molecule has 31 heavy (non-hydrogen) atoms. The maximum absolute atomic E-state index is 12.5. The van der Waals surface area contributed by atoms with Crippen LogP contribution in [0.25, 0.3) is 22.1 Å². The minimum Gasteiger partial charge on any atom is -0.495 e. The van der Waals surface area contributed by atoms with Crippen molar-refractivity contribution >= 4 is 39.9 Å². The summed E-state index contributed by atoms with van der Waals surface area (Å²) in [6.45, 7) is 0. The maximum atomic E-state index is 12.5. The Hall–Kier alpha value is -3.97. The van der Waals surface area contributed by atoms with E-state index >= 15 is 0 Å². The molecule has 6 nitrogen and oxygen atoms in total. The Morgan fingerprint density at radius 1 is 0.968 bits per heavy atom. The molecule has 4 rings (SSSR count). The predicted octanol–water partition coefficient (Wildman–Crippen LogP) is 4.60. The first-order chi connectivity index (χ1) is 15.0. The number of para-hydroxylation sites is 1. The topological polar surface area (TPSA) is 80.6 Å². The molecule has 0 saturated carbocycles. The van der Waals surface area contributed by atoms with Crippen LogP contribution in [-0.4, -0.2) is 18.1 Å². The van der Waals surface area contributed by atoms with Gasteiger partial charge in [-0.1, -0.05) is 42.5 Å². The van der Waals surface area contributed by atoms with Crippen LogP contribution in [0.1, 0.15) is 10.4 Å². The van der Waals surface area contributed by atoms with Gasteiger partial charge in [0.2, 0.25) is 0 Å². The lowest BCUT2D eigenvalue weighted by molar-refractivity contribution is 0.0977. The number of anilines is 1. The van der Waals surface area contributed by atoms with Gasteiger partial charge >= 0.3 is 5.63 Å². The van der Waals surface area contributed by atoms with Gasteiger partial charge in [-0.15, -0.1) is 0 Å². The summed E-state index contributed by atoms with van der Waals surface area (Å²) < 4.78 is 10.8. The summed E-state index contributed by atoms with van der Waals surface area (Å²) in [7, 11) is 1.52. The highest BCUT2D eigenvalue weighted by Gasteiger charge is 2.13. The first-order valence-electron chi connectivity index (χ1n) is 9.44. The number of benzene rings is 3. The van der Waals surface area contributed by atoms with Crippen molar-refractivity contribution in [2.24, 2.45) is 0 Å². The maximum Gasteiger partial charge on any atom is 0.344 e.